The van der Waals surface area contributed by atoms with Crippen LogP contribution >= 0.6 is 0 Å². The summed E-state index contributed by atoms with van der Waals surface area (Å²) in [5.74, 6) is 0.0647. The lowest BCUT2D eigenvalue weighted by molar-refractivity contribution is 0.0942. The molecule has 0 spiro atoms. The average Bonchev–Trinajstić information content (AvgIpc) is 2.77. The molecule has 1 N–H and O–H groups in total. The van der Waals surface area contributed by atoms with Crippen molar-refractivity contribution in [1.82, 2.24) is 4.90 Å². The van der Waals surface area contributed by atoms with E-state index >= 15 is 0 Å². The van der Waals surface area contributed by atoms with Crippen LogP contribution in [-0.4, -0.2) is 42.0 Å². The van der Waals surface area contributed by atoms with Gasteiger partial charge in [-0.3, -0.25) is 9.69 Å². The van der Waals surface area contributed by atoms with Gasteiger partial charge in [-0.25, -0.2) is 4.39 Å². The molecule has 0 radical (unpaired) electrons. The first-order chi connectivity index (χ1) is 8.69. The van der Waals surface area contributed by atoms with Crippen LogP contribution in [0.3, 0.4) is 0 Å². The lowest BCUT2D eigenvalue weighted by Gasteiger charge is -2.14. The highest BCUT2D eigenvalue weighted by Gasteiger charge is 2.23. The van der Waals surface area contributed by atoms with E-state index in [-0.39, 0.29) is 18.2 Å². The molecule has 4 heteroatoms. The molecule has 1 fully saturated rings. The van der Waals surface area contributed by atoms with E-state index in [1.165, 1.54) is 12.1 Å². The van der Waals surface area contributed by atoms with Crippen LogP contribution in [-0.2, 0) is 0 Å². The SMILES string of the molecule is O=C(CN1CCC(CCO)C1)c1cccc(F)c1. The number of aliphatic hydroxyl groups excluding tert-OH is 1. The molecular formula is C14H18FNO2. The number of likely N-dealkylation sites (tertiary alicyclic amines) is 1. The highest BCUT2D eigenvalue weighted by molar-refractivity contribution is 5.97. The van der Waals surface area contributed by atoms with E-state index in [1.807, 2.05) is 0 Å². The predicted molar refractivity (Wildman–Crippen MR) is 67.0 cm³/mol. The second-order valence-electron chi connectivity index (χ2n) is 4.84. The van der Waals surface area contributed by atoms with E-state index in [2.05, 4.69) is 4.90 Å². The Bertz CT molecular complexity index is 422. The normalized spacial score (nSPS) is 20.2. The summed E-state index contributed by atoms with van der Waals surface area (Å²) < 4.78 is 13.0. The first kappa shape index (κ1) is 13.2. The minimum absolute atomic E-state index is 0.0425. The first-order valence-electron chi connectivity index (χ1n) is 6.31. The number of hydrogen-bond acceptors (Lipinski definition) is 3. The zero-order chi connectivity index (χ0) is 13.0. The van der Waals surface area contributed by atoms with Gasteiger partial charge in [0, 0.05) is 18.7 Å². The van der Waals surface area contributed by atoms with Gasteiger partial charge in [0.1, 0.15) is 5.82 Å². The maximum atomic E-state index is 13.0. The summed E-state index contributed by atoms with van der Waals surface area (Å²) in [6.07, 6.45) is 1.82. The van der Waals surface area contributed by atoms with Gasteiger partial charge in [-0.2, -0.15) is 0 Å². The van der Waals surface area contributed by atoms with Crippen LogP contribution in [0.2, 0.25) is 0 Å². The van der Waals surface area contributed by atoms with E-state index in [4.69, 9.17) is 5.11 Å². The first-order valence-corrected chi connectivity index (χ1v) is 6.31. The van der Waals surface area contributed by atoms with Crippen molar-refractivity contribution in [2.75, 3.05) is 26.2 Å². The van der Waals surface area contributed by atoms with Crippen molar-refractivity contribution < 1.29 is 14.3 Å². The number of rotatable bonds is 5. The molecule has 0 amide bonds. The predicted octanol–water partition coefficient (Wildman–Crippen LogP) is 1.71. The summed E-state index contributed by atoms with van der Waals surface area (Å²) in [6, 6.07) is 5.82. The van der Waals surface area contributed by atoms with Crippen LogP contribution in [0.5, 0.6) is 0 Å². The van der Waals surface area contributed by atoms with E-state index in [9.17, 15) is 9.18 Å². The molecule has 0 aromatic heterocycles. The number of hydrogen-bond donors (Lipinski definition) is 1. The highest BCUT2D eigenvalue weighted by atomic mass is 19.1. The Hall–Kier alpha value is -1.26. The van der Waals surface area contributed by atoms with Crippen LogP contribution in [0.15, 0.2) is 24.3 Å². The van der Waals surface area contributed by atoms with E-state index in [1.54, 1.807) is 12.1 Å². The van der Waals surface area contributed by atoms with Gasteiger partial charge in [-0.15, -0.1) is 0 Å². The molecule has 1 unspecified atom stereocenters. The zero-order valence-electron chi connectivity index (χ0n) is 10.3. The van der Waals surface area contributed by atoms with Gasteiger partial charge in [0.25, 0.3) is 0 Å². The molecule has 1 saturated heterocycles. The minimum Gasteiger partial charge on any atom is -0.396 e. The standard InChI is InChI=1S/C14H18FNO2/c15-13-3-1-2-12(8-13)14(18)10-16-6-4-11(9-16)5-7-17/h1-3,8,11,17H,4-7,9-10H2. The second-order valence-corrected chi connectivity index (χ2v) is 4.84. The fraction of sp³-hybridized carbons (Fsp3) is 0.500. The number of benzene rings is 1. The van der Waals surface area contributed by atoms with E-state index in [0.29, 0.717) is 18.0 Å². The zero-order valence-corrected chi connectivity index (χ0v) is 10.3. The molecule has 3 nitrogen and oxygen atoms in total. The molecule has 2 rings (SSSR count). The fourth-order valence-electron chi connectivity index (χ4n) is 2.43. The fourth-order valence-corrected chi connectivity index (χ4v) is 2.43. The Kier molecular flexibility index (Phi) is 4.44. The number of nitrogens with zero attached hydrogens (tertiary/aromatic N) is 1. The molecule has 1 aliphatic heterocycles. The van der Waals surface area contributed by atoms with Crippen LogP contribution in [0, 0.1) is 11.7 Å². The van der Waals surface area contributed by atoms with Gasteiger partial charge in [-0.1, -0.05) is 12.1 Å². The molecule has 1 aromatic carbocycles. The quantitative estimate of drug-likeness (QED) is 0.810. The molecule has 0 bridgehead atoms. The third kappa shape index (κ3) is 3.37. The van der Waals surface area contributed by atoms with Gasteiger partial charge < -0.3 is 5.11 Å². The molecule has 18 heavy (non-hydrogen) atoms. The van der Waals surface area contributed by atoms with Crippen LogP contribution in [0.25, 0.3) is 0 Å². The summed E-state index contributed by atoms with van der Waals surface area (Å²) >= 11 is 0. The molecule has 98 valence electrons. The van der Waals surface area contributed by atoms with Crippen molar-refractivity contribution in [2.45, 2.75) is 12.8 Å². The van der Waals surface area contributed by atoms with Gasteiger partial charge >= 0.3 is 0 Å². The smallest absolute Gasteiger partial charge is 0.176 e. The Morgan fingerprint density at radius 2 is 2.33 bits per heavy atom. The Labute approximate surface area is 106 Å². The summed E-state index contributed by atoms with van der Waals surface area (Å²) in [4.78, 5) is 14.0. The molecule has 1 aliphatic rings. The van der Waals surface area contributed by atoms with Crippen LogP contribution in [0.1, 0.15) is 23.2 Å². The van der Waals surface area contributed by atoms with Crippen molar-refractivity contribution in [1.29, 1.82) is 0 Å². The van der Waals surface area contributed by atoms with Crippen molar-refractivity contribution in [3.05, 3.63) is 35.6 Å². The van der Waals surface area contributed by atoms with E-state index in [0.717, 1.165) is 25.9 Å². The molecule has 1 aromatic rings. The topological polar surface area (TPSA) is 40.5 Å². The maximum absolute atomic E-state index is 13.0. The Morgan fingerprint density at radius 3 is 3.06 bits per heavy atom. The van der Waals surface area contributed by atoms with Gasteiger partial charge in [0.2, 0.25) is 0 Å². The molecule has 1 atom stereocenters. The minimum atomic E-state index is -0.375. The van der Waals surface area contributed by atoms with Crippen LogP contribution in [0.4, 0.5) is 4.39 Å². The van der Waals surface area contributed by atoms with E-state index < -0.39 is 0 Å². The van der Waals surface area contributed by atoms with Crippen molar-refractivity contribution >= 4 is 5.78 Å². The van der Waals surface area contributed by atoms with Gasteiger partial charge in [-0.05, 0) is 37.4 Å². The summed E-state index contributed by atoms with van der Waals surface area (Å²) in [7, 11) is 0. The number of carbonyl (C=O) groups excluding carboxylic acids is 1. The van der Waals surface area contributed by atoms with Gasteiger partial charge in [0.15, 0.2) is 5.78 Å². The Balaban J connectivity index is 1.89. The summed E-state index contributed by atoms with van der Waals surface area (Å²) in [6.45, 7) is 2.27. The maximum Gasteiger partial charge on any atom is 0.176 e. The van der Waals surface area contributed by atoms with Crippen molar-refractivity contribution in [2.24, 2.45) is 5.92 Å². The second kappa shape index (κ2) is 6.07. The lowest BCUT2D eigenvalue weighted by atomic mass is 10.1. The lowest BCUT2D eigenvalue weighted by Crippen LogP contribution is -2.28. The van der Waals surface area contributed by atoms with Crippen molar-refractivity contribution in [3.63, 3.8) is 0 Å². The summed E-state index contributed by atoms with van der Waals surface area (Å²) in [5, 5.41) is 8.88. The number of ketones is 1. The largest absolute Gasteiger partial charge is 0.396 e. The summed E-state index contributed by atoms with van der Waals surface area (Å²) in [5.41, 5.74) is 0.431. The third-order valence-electron chi connectivity index (χ3n) is 3.42. The number of carbonyl (C=O) groups is 1. The molecular weight excluding hydrogens is 233 g/mol. The molecule has 0 saturated carbocycles. The highest BCUT2D eigenvalue weighted by Crippen LogP contribution is 2.19. The monoisotopic (exact) mass is 251 g/mol. The van der Waals surface area contributed by atoms with Crippen molar-refractivity contribution in [3.8, 4) is 0 Å². The van der Waals surface area contributed by atoms with Crippen LogP contribution < -0.4 is 0 Å². The number of halogens is 1. The number of aliphatic hydroxyl groups is 1. The van der Waals surface area contributed by atoms with Gasteiger partial charge in [0.05, 0.1) is 6.54 Å². The molecule has 1 heterocycles. The molecule has 0 aliphatic carbocycles. The average molecular weight is 251 g/mol. The Morgan fingerprint density at radius 1 is 1.50 bits per heavy atom. The third-order valence-corrected chi connectivity index (χ3v) is 3.42. The number of Topliss-reactive ketones (excluding diaryl/α,β-unsaturated/α-hetero) is 1.